The van der Waals surface area contributed by atoms with Crippen LogP contribution in [0.4, 0.5) is 4.39 Å². The summed E-state index contributed by atoms with van der Waals surface area (Å²) >= 11 is 0. The summed E-state index contributed by atoms with van der Waals surface area (Å²) < 4.78 is 58.3. The first kappa shape index (κ1) is 20.5. The fourth-order valence-corrected chi connectivity index (χ4v) is 5.20. The highest BCUT2D eigenvalue weighted by molar-refractivity contribution is 7.89. The zero-order valence-corrected chi connectivity index (χ0v) is 16.8. The second kappa shape index (κ2) is 8.00. The van der Waals surface area contributed by atoms with Crippen LogP contribution in [0.1, 0.15) is 12.8 Å². The number of rotatable bonds is 5. The molecular formula is C18H27FN2O5S. The van der Waals surface area contributed by atoms with E-state index in [2.05, 4.69) is 4.90 Å². The molecular weight excluding hydrogens is 375 g/mol. The quantitative estimate of drug-likeness (QED) is 0.740. The monoisotopic (exact) mass is 402 g/mol. The molecule has 2 fully saturated rings. The van der Waals surface area contributed by atoms with E-state index < -0.39 is 21.4 Å². The molecule has 0 saturated carbocycles. The Morgan fingerprint density at radius 1 is 1.41 bits per heavy atom. The smallest absolute Gasteiger partial charge is 0.243 e. The van der Waals surface area contributed by atoms with Crippen molar-refractivity contribution in [1.29, 1.82) is 0 Å². The van der Waals surface area contributed by atoms with E-state index in [-0.39, 0.29) is 36.4 Å². The molecule has 0 aliphatic carbocycles. The first-order valence-corrected chi connectivity index (χ1v) is 10.4. The van der Waals surface area contributed by atoms with Crippen molar-refractivity contribution >= 4 is 10.0 Å². The molecule has 0 N–H and O–H groups in total. The molecule has 2 aliphatic heterocycles. The van der Waals surface area contributed by atoms with Crippen LogP contribution < -0.4 is 4.74 Å². The lowest BCUT2D eigenvalue weighted by molar-refractivity contribution is -0.0858. The van der Waals surface area contributed by atoms with Crippen LogP contribution in [0.3, 0.4) is 0 Å². The molecule has 0 aromatic heterocycles. The van der Waals surface area contributed by atoms with E-state index in [1.54, 1.807) is 0 Å². The molecule has 3 rings (SSSR count). The van der Waals surface area contributed by atoms with Gasteiger partial charge in [-0.2, -0.15) is 4.31 Å². The van der Waals surface area contributed by atoms with Gasteiger partial charge in [0.15, 0.2) is 11.6 Å². The summed E-state index contributed by atoms with van der Waals surface area (Å²) in [6, 6.07) is 3.68. The summed E-state index contributed by atoms with van der Waals surface area (Å²) in [5, 5.41) is 0. The molecule has 1 aromatic carbocycles. The Labute approximate surface area is 160 Å². The second-order valence-corrected chi connectivity index (χ2v) is 9.35. The summed E-state index contributed by atoms with van der Waals surface area (Å²) in [5.41, 5.74) is -0.657. The third-order valence-corrected chi connectivity index (χ3v) is 6.82. The van der Waals surface area contributed by atoms with Crippen molar-refractivity contribution in [3.63, 3.8) is 0 Å². The van der Waals surface area contributed by atoms with Crippen LogP contribution >= 0.6 is 0 Å². The lowest BCUT2D eigenvalue weighted by Gasteiger charge is -2.32. The zero-order valence-electron chi connectivity index (χ0n) is 16.0. The number of methoxy groups -OCH3 is 1. The van der Waals surface area contributed by atoms with E-state index in [1.165, 1.54) is 23.5 Å². The predicted octanol–water partition coefficient (Wildman–Crippen LogP) is 1.33. The maximum Gasteiger partial charge on any atom is 0.243 e. The highest BCUT2D eigenvalue weighted by Gasteiger charge is 2.45. The van der Waals surface area contributed by atoms with Gasteiger partial charge in [-0.1, -0.05) is 0 Å². The number of nitrogens with zero attached hydrogens (tertiary/aromatic N) is 2. The van der Waals surface area contributed by atoms with Gasteiger partial charge in [0.1, 0.15) is 5.60 Å². The van der Waals surface area contributed by atoms with E-state index in [9.17, 15) is 12.8 Å². The molecule has 7 nitrogen and oxygen atoms in total. The molecule has 0 amide bonds. The predicted molar refractivity (Wildman–Crippen MR) is 97.9 cm³/mol. The highest BCUT2D eigenvalue weighted by atomic mass is 32.2. The van der Waals surface area contributed by atoms with Gasteiger partial charge in [0.2, 0.25) is 10.0 Å². The van der Waals surface area contributed by atoms with Crippen LogP contribution in [0.2, 0.25) is 0 Å². The van der Waals surface area contributed by atoms with Gasteiger partial charge in [-0.25, -0.2) is 12.8 Å². The first-order chi connectivity index (χ1) is 12.8. The Morgan fingerprint density at radius 3 is 2.85 bits per heavy atom. The zero-order chi connectivity index (χ0) is 19.7. The summed E-state index contributed by atoms with van der Waals surface area (Å²) in [6.07, 6.45) is 1.63. The van der Waals surface area contributed by atoms with Crippen LogP contribution in [0.15, 0.2) is 23.1 Å². The molecule has 2 saturated heterocycles. The van der Waals surface area contributed by atoms with Gasteiger partial charge in [0, 0.05) is 19.6 Å². The summed E-state index contributed by atoms with van der Waals surface area (Å²) in [4.78, 5) is 1.95. The molecule has 27 heavy (non-hydrogen) atoms. The summed E-state index contributed by atoms with van der Waals surface area (Å²) in [6.45, 7) is 1.83. The number of hydrogen-bond acceptors (Lipinski definition) is 6. The molecule has 0 radical (unpaired) electrons. The minimum atomic E-state index is -3.87. The normalized spacial score (nSPS) is 27.2. The average Bonchev–Trinajstić information content (AvgIpc) is 2.85. The maximum atomic E-state index is 14.0. The van der Waals surface area contributed by atoms with Crippen molar-refractivity contribution in [2.75, 3.05) is 54.1 Å². The molecule has 152 valence electrons. The Kier molecular flexibility index (Phi) is 6.07. The Bertz CT molecular complexity index is 773. The molecule has 1 aromatic rings. The molecule has 0 unspecified atom stereocenters. The van der Waals surface area contributed by atoms with Crippen LogP contribution in [0.25, 0.3) is 0 Å². The number of likely N-dealkylation sites (N-methyl/N-ethyl adjacent to an activating group) is 1. The third-order valence-electron chi connectivity index (χ3n) is 4.98. The van der Waals surface area contributed by atoms with Crippen molar-refractivity contribution in [3.8, 4) is 5.75 Å². The van der Waals surface area contributed by atoms with Gasteiger partial charge < -0.3 is 19.1 Å². The Hall–Kier alpha value is -1.26. The van der Waals surface area contributed by atoms with E-state index in [0.29, 0.717) is 6.61 Å². The van der Waals surface area contributed by atoms with Gasteiger partial charge in [-0.05, 0) is 45.1 Å². The van der Waals surface area contributed by atoms with Gasteiger partial charge >= 0.3 is 0 Å². The van der Waals surface area contributed by atoms with E-state index in [0.717, 1.165) is 25.5 Å². The lowest BCUT2D eigenvalue weighted by atomic mass is 10.0. The van der Waals surface area contributed by atoms with Crippen molar-refractivity contribution in [3.05, 3.63) is 24.0 Å². The standard InChI is InChI=1S/C18H27FN2O5S/c1-20(2)11-14-6-7-18(26-14)12-21(8-9-25-13-18)27(22,23)15-4-5-17(24-3)16(19)10-15/h4-5,10,14H,6-9,11-13H2,1-3H3/t14-,18-/m0/s1. The number of ether oxygens (including phenoxy) is 3. The van der Waals surface area contributed by atoms with Crippen LogP contribution in [0.5, 0.6) is 5.75 Å². The van der Waals surface area contributed by atoms with Gasteiger partial charge in [0.05, 0.1) is 31.3 Å². The van der Waals surface area contributed by atoms with E-state index >= 15 is 0 Å². The van der Waals surface area contributed by atoms with E-state index in [1.807, 2.05) is 14.1 Å². The lowest BCUT2D eigenvalue weighted by Crippen LogP contribution is -2.47. The molecule has 9 heteroatoms. The van der Waals surface area contributed by atoms with E-state index in [4.69, 9.17) is 14.2 Å². The number of hydrogen-bond donors (Lipinski definition) is 0. The maximum absolute atomic E-state index is 14.0. The minimum absolute atomic E-state index is 0.00951. The van der Waals surface area contributed by atoms with Crippen molar-refractivity contribution in [2.24, 2.45) is 0 Å². The molecule has 2 aliphatic rings. The Balaban J connectivity index is 1.82. The fourth-order valence-electron chi connectivity index (χ4n) is 3.69. The van der Waals surface area contributed by atoms with Crippen LogP contribution in [-0.4, -0.2) is 83.4 Å². The van der Waals surface area contributed by atoms with Gasteiger partial charge in [-0.3, -0.25) is 0 Å². The number of sulfonamides is 1. The second-order valence-electron chi connectivity index (χ2n) is 7.41. The van der Waals surface area contributed by atoms with Crippen molar-refractivity contribution < 1.29 is 27.0 Å². The number of halogens is 1. The summed E-state index contributed by atoms with van der Waals surface area (Å²) in [5.74, 6) is -0.696. The molecule has 2 atom stereocenters. The molecule has 1 spiro atoms. The minimum Gasteiger partial charge on any atom is -0.494 e. The van der Waals surface area contributed by atoms with Crippen molar-refractivity contribution in [2.45, 2.75) is 29.4 Å². The Morgan fingerprint density at radius 2 is 2.19 bits per heavy atom. The highest BCUT2D eigenvalue weighted by Crippen LogP contribution is 2.35. The molecule has 2 heterocycles. The largest absolute Gasteiger partial charge is 0.494 e. The fraction of sp³-hybridized carbons (Fsp3) is 0.667. The number of benzene rings is 1. The SMILES string of the molecule is COc1ccc(S(=O)(=O)N2CCOC[C@]3(CC[C@@H](CN(C)C)O3)C2)cc1F. The van der Waals surface area contributed by atoms with Crippen LogP contribution in [0, 0.1) is 5.82 Å². The molecule has 0 bridgehead atoms. The topological polar surface area (TPSA) is 68.3 Å². The third kappa shape index (κ3) is 4.43. The average molecular weight is 402 g/mol. The first-order valence-electron chi connectivity index (χ1n) is 9.00. The van der Waals surface area contributed by atoms with Crippen LogP contribution in [-0.2, 0) is 19.5 Å². The van der Waals surface area contributed by atoms with Gasteiger partial charge in [0.25, 0.3) is 0 Å². The van der Waals surface area contributed by atoms with Gasteiger partial charge in [-0.15, -0.1) is 0 Å². The summed E-state index contributed by atoms with van der Waals surface area (Å²) in [7, 11) is 1.43. The van der Waals surface area contributed by atoms with Crippen molar-refractivity contribution in [1.82, 2.24) is 9.21 Å².